The minimum atomic E-state index is -0.447. The summed E-state index contributed by atoms with van der Waals surface area (Å²) < 4.78 is 12.2. The van der Waals surface area contributed by atoms with Gasteiger partial charge < -0.3 is 24.9 Å². The minimum absolute atomic E-state index is 0.117. The van der Waals surface area contributed by atoms with Crippen molar-refractivity contribution in [1.82, 2.24) is 4.40 Å². The molecule has 0 saturated heterocycles. The zero-order valence-electron chi connectivity index (χ0n) is 18.0. The van der Waals surface area contributed by atoms with Gasteiger partial charge in [0.1, 0.15) is 17.2 Å². The molecule has 0 spiro atoms. The first-order chi connectivity index (χ1) is 15.4. The van der Waals surface area contributed by atoms with Gasteiger partial charge in [-0.05, 0) is 31.2 Å². The number of nitrogens with two attached hydrogens (primary N) is 1. The summed E-state index contributed by atoms with van der Waals surface area (Å²) in [5.41, 5.74) is 9.52. The topological polar surface area (TPSA) is 95.1 Å². The maximum absolute atomic E-state index is 13.3. The number of ketones is 1. The van der Waals surface area contributed by atoms with Crippen LogP contribution in [0.1, 0.15) is 32.0 Å². The van der Waals surface area contributed by atoms with E-state index < -0.39 is 5.91 Å². The van der Waals surface area contributed by atoms with Gasteiger partial charge in [0.05, 0.1) is 36.7 Å². The Morgan fingerprint density at radius 3 is 2.41 bits per heavy atom. The summed E-state index contributed by atoms with van der Waals surface area (Å²) in [6.45, 7) is 1.95. The van der Waals surface area contributed by atoms with Crippen molar-refractivity contribution < 1.29 is 19.1 Å². The van der Waals surface area contributed by atoms with Gasteiger partial charge in [-0.25, -0.2) is 0 Å². The number of anilines is 2. The van der Waals surface area contributed by atoms with Crippen molar-refractivity contribution in [3.8, 4) is 11.5 Å². The number of nitrogen functional groups attached to an aromatic ring is 1. The molecule has 0 bridgehead atoms. The fraction of sp³-hybridized carbons (Fsp3) is 0.120. The Labute approximate surface area is 185 Å². The van der Waals surface area contributed by atoms with Gasteiger partial charge in [-0.2, -0.15) is 0 Å². The lowest BCUT2D eigenvalue weighted by molar-refractivity contribution is 0.102. The van der Waals surface area contributed by atoms with Gasteiger partial charge in [-0.3, -0.25) is 9.59 Å². The molecule has 1 amide bonds. The van der Waals surface area contributed by atoms with E-state index in [0.29, 0.717) is 28.3 Å². The number of hydrogen-bond acceptors (Lipinski definition) is 5. The number of aryl methyl sites for hydroxylation is 1. The number of methoxy groups -OCH3 is 2. The first kappa shape index (κ1) is 21.0. The van der Waals surface area contributed by atoms with Crippen LogP contribution in [0.5, 0.6) is 11.5 Å². The van der Waals surface area contributed by atoms with Crippen molar-refractivity contribution in [2.75, 3.05) is 25.3 Å². The van der Waals surface area contributed by atoms with E-state index in [1.165, 1.54) is 7.11 Å². The molecule has 4 aromatic rings. The smallest absolute Gasteiger partial charge is 0.260 e. The van der Waals surface area contributed by atoms with Gasteiger partial charge in [-0.15, -0.1) is 0 Å². The SMILES string of the molecule is COc1ccc(NC(=O)c2c(N)c(C(=O)c3ccc(C)cc3)n3ccccc23)c(OC)c1. The van der Waals surface area contributed by atoms with Gasteiger partial charge >= 0.3 is 0 Å². The van der Waals surface area contributed by atoms with Crippen molar-refractivity contribution in [3.05, 3.63) is 89.2 Å². The molecule has 0 atom stereocenters. The molecule has 4 rings (SSSR count). The Hall–Kier alpha value is -4.26. The second-order valence-electron chi connectivity index (χ2n) is 7.31. The van der Waals surface area contributed by atoms with Crippen molar-refractivity contribution in [2.45, 2.75) is 6.92 Å². The monoisotopic (exact) mass is 429 g/mol. The van der Waals surface area contributed by atoms with E-state index in [2.05, 4.69) is 5.32 Å². The van der Waals surface area contributed by atoms with Gasteiger partial charge in [-0.1, -0.05) is 35.9 Å². The third-order valence-electron chi connectivity index (χ3n) is 5.29. The van der Waals surface area contributed by atoms with Crippen LogP contribution in [0.4, 0.5) is 11.4 Å². The molecule has 162 valence electrons. The summed E-state index contributed by atoms with van der Waals surface area (Å²) >= 11 is 0. The maximum Gasteiger partial charge on any atom is 0.260 e. The largest absolute Gasteiger partial charge is 0.497 e. The highest BCUT2D eigenvalue weighted by molar-refractivity contribution is 6.20. The molecule has 0 aliphatic rings. The molecular weight excluding hydrogens is 406 g/mol. The predicted octanol–water partition coefficient (Wildman–Crippen LogP) is 4.33. The second-order valence-corrected chi connectivity index (χ2v) is 7.31. The Morgan fingerprint density at radius 2 is 1.72 bits per heavy atom. The molecule has 0 unspecified atom stereocenters. The molecule has 0 fully saturated rings. The van der Waals surface area contributed by atoms with Crippen LogP contribution in [0, 0.1) is 6.92 Å². The minimum Gasteiger partial charge on any atom is -0.497 e. The quantitative estimate of drug-likeness (QED) is 0.445. The molecule has 0 radical (unpaired) electrons. The lowest BCUT2D eigenvalue weighted by Gasteiger charge is -2.11. The molecule has 7 heteroatoms. The van der Waals surface area contributed by atoms with E-state index in [0.717, 1.165) is 5.56 Å². The number of ether oxygens (including phenoxy) is 2. The van der Waals surface area contributed by atoms with Crippen molar-refractivity contribution in [3.63, 3.8) is 0 Å². The lowest BCUT2D eigenvalue weighted by atomic mass is 10.0. The number of hydrogen-bond donors (Lipinski definition) is 2. The molecule has 2 aromatic heterocycles. The van der Waals surface area contributed by atoms with E-state index in [1.807, 2.05) is 19.1 Å². The molecule has 3 N–H and O–H groups in total. The average Bonchev–Trinajstić information content (AvgIpc) is 3.11. The number of aromatic nitrogens is 1. The highest BCUT2D eigenvalue weighted by atomic mass is 16.5. The Bertz CT molecular complexity index is 1320. The van der Waals surface area contributed by atoms with Crippen LogP contribution in [0.3, 0.4) is 0 Å². The van der Waals surface area contributed by atoms with Crippen LogP contribution >= 0.6 is 0 Å². The van der Waals surface area contributed by atoms with Crippen molar-refractivity contribution >= 4 is 28.6 Å². The fourth-order valence-corrected chi connectivity index (χ4v) is 3.63. The summed E-state index contributed by atoms with van der Waals surface area (Å²) in [6, 6.07) is 17.6. The van der Waals surface area contributed by atoms with Gasteiger partial charge in [0.15, 0.2) is 0 Å². The predicted molar refractivity (Wildman–Crippen MR) is 124 cm³/mol. The number of nitrogens with one attached hydrogen (secondary N) is 1. The molecule has 0 saturated carbocycles. The fourth-order valence-electron chi connectivity index (χ4n) is 3.63. The van der Waals surface area contributed by atoms with E-state index in [4.69, 9.17) is 15.2 Å². The second kappa shape index (κ2) is 8.47. The normalized spacial score (nSPS) is 10.7. The average molecular weight is 429 g/mol. The lowest BCUT2D eigenvalue weighted by Crippen LogP contribution is -2.14. The third-order valence-corrected chi connectivity index (χ3v) is 5.29. The first-order valence-corrected chi connectivity index (χ1v) is 9.98. The Morgan fingerprint density at radius 1 is 0.969 bits per heavy atom. The van der Waals surface area contributed by atoms with E-state index in [9.17, 15) is 9.59 Å². The van der Waals surface area contributed by atoms with Crippen molar-refractivity contribution in [2.24, 2.45) is 0 Å². The standard InChI is InChI=1S/C25H23N3O4/c1-15-7-9-16(10-8-15)24(29)23-22(26)21(19-6-4-5-13-28(19)23)25(30)27-18-12-11-17(31-2)14-20(18)32-3/h4-14H,26H2,1-3H3,(H,27,30). The summed E-state index contributed by atoms with van der Waals surface area (Å²) in [4.78, 5) is 26.6. The highest BCUT2D eigenvalue weighted by Gasteiger charge is 2.26. The van der Waals surface area contributed by atoms with Gasteiger partial charge in [0, 0.05) is 17.8 Å². The Balaban J connectivity index is 1.79. The molecule has 32 heavy (non-hydrogen) atoms. The summed E-state index contributed by atoms with van der Waals surface area (Å²) in [7, 11) is 3.05. The number of fused-ring (bicyclic) bond motifs is 1. The molecular formula is C25H23N3O4. The van der Waals surface area contributed by atoms with Crippen LogP contribution in [0.25, 0.3) is 5.52 Å². The molecule has 0 aliphatic carbocycles. The van der Waals surface area contributed by atoms with Crippen LogP contribution in [-0.4, -0.2) is 30.3 Å². The van der Waals surface area contributed by atoms with Gasteiger partial charge in [0.25, 0.3) is 5.91 Å². The zero-order valence-corrected chi connectivity index (χ0v) is 18.0. The first-order valence-electron chi connectivity index (χ1n) is 9.98. The van der Waals surface area contributed by atoms with Crippen LogP contribution in [0.15, 0.2) is 66.9 Å². The van der Waals surface area contributed by atoms with Crippen LogP contribution in [-0.2, 0) is 0 Å². The number of benzene rings is 2. The number of amides is 1. The summed E-state index contributed by atoms with van der Waals surface area (Å²) in [5.74, 6) is 0.331. The van der Waals surface area contributed by atoms with Crippen molar-refractivity contribution in [1.29, 1.82) is 0 Å². The van der Waals surface area contributed by atoms with Crippen LogP contribution < -0.4 is 20.5 Å². The van der Waals surface area contributed by atoms with E-state index >= 15 is 0 Å². The number of nitrogens with zero attached hydrogens (tertiary/aromatic N) is 1. The Kier molecular flexibility index (Phi) is 5.55. The third kappa shape index (κ3) is 3.65. The van der Waals surface area contributed by atoms with Crippen LogP contribution in [0.2, 0.25) is 0 Å². The van der Waals surface area contributed by atoms with E-state index in [1.54, 1.807) is 66.2 Å². The van der Waals surface area contributed by atoms with Gasteiger partial charge in [0.2, 0.25) is 5.78 Å². The van der Waals surface area contributed by atoms with E-state index in [-0.39, 0.29) is 22.7 Å². The number of rotatable bonds is 6. The molecule has 7 nitrogen and oxygen atoms in total. The number of carbonyl (C=O) groups excluding carboxylic acids is 2. The molecule has 2 heterocycles. The zero-order chi connectivity index (χ0) is 22.8. The number of carbonyl (C=O) groups is 2. The molecule has 0 aliphatic heterocycles. The molecule has 2 aromatic carbocycles. The maximum atomic E-state index is 13.3. The highest BCUT2D eigenvalue weighted by Crippen LogP contribution is 2.32. The summed E-state index contributed by atoms with van der Waals surface area (Å²) in [5, 5.41) is 2.84. The number of pyridine rings is 1. The summed E-state index contributed by atoms with van der Waals surface area (Å²) in [6.07, 6.45) is 1.72.